The summed E-state index contributed by atoms with van der Waals surface area (Å²) in [5.41, 5.74) is 3.66. The maximum atomic E-state index is 4.78. The Morgan fingerprint density at radius 2 is 1.57 bits per heavy atom. The van der Waals surface area contributed by atoms with Crippen LogP contribution in [0.4, 0.5) is 11.8 Å². The minimum absolute atomic E-state index is 0. The van der Waals surface area contributed by atoms with Gasteiger partial charge in [0.15, 0.2) is 0 Å². The van der Waals surface area contributed by atoms with Crippen LogP contribution in [0.1, 0.15) is 44.2 Å². The summed E-state index contributed by atoms with van der Waals surface area (Å²) in [6, 6.07) is 18.0. The van der Waals surface area contributed by atoms with Crippen LogP contribution in [0.5, 0.6) is 0 Å². The third-order valence-corrected chi connectivity index (χ3v) is 5.78. The van der Waals surface area contributed by atoms with Crippen molar-refractivity contribution in [3.8, 4) is 0 Å². The lowest BCUT2D eigenvalue weighted by atomic mass is 9.91. The quantitative estimate of drug-likeness (QED) is 0.594. The molecule has 1 fully saturated rings. The number of anilines is 2. The Balaban J connectivity index is 0.00000256. The van der Waals surface area contributed by atoms with Gasteiger partial charge in [-0.05, 0) is 50.3 Å². The van der Waals surface area contributed by atoms with E-state index in [4.69, 9.17) is 9.97 Å². The van der Waals surface area contributed by atoms with Gasteiger partial charge >= 0.3 is 0 Å². The number of aryl methyl sites for hydroxylation is 1. The second kappa shape index (κ2) is 9.90. The fraction of sp³-hybridized carbons (Fsp3) is 0.440. The van der Waals surface area contributed by atoms with Crippen molar-refractivity contribution in [1.29, 1.82) is 0 Å². The molecule has 0 radical (unpaired) electrons. The standard InChI is InChI=1S/C24H31N5.CH4/c1-17-8-10-18(11-9-17)16-25-19-12-14-20(15-13-19)26-24-27-22-7-5-4-6-21(22)23(28-24)29(2)3;/h4-11,19-20,25H,12-16H2,1-3H3,(H,26,27,28);1H4. The van der Waals surface area contributed by atoms with Crippen LogP contribution in [0.25, 0.3) is 10.9 Å². The molecule has 1 heterocycles. The van der Waals surface area contributed by atoms with Crippen LogP contribution in [-0.2, 0) is 6.54 Å². The molecule has 2 aromatic carbocycles. The third kappa shape index (κ3) is 5.28. The van der Waals surface area contributed by atoms with Gasteiger partial charge in [0.1, 0.15) is 5.82 Å². The zero-order valence-electron chi connectivity index (χ0n) is 17.7. The molecular formula is C25H35N5. The minimum Gasteiger partial charge on any atom is -0.362 e. The SMILES string of the molecule is C.Cc1ccc(CNC2CCC(Nc3nc(N(C)C)c4ccccc4n3)CC2)cc1. The van der Waals surface area contributed by atoms with E-state index in [1.54, 1.807) is 0 Å². The number of nitrogens with zero attached hydrogens (tertiary/aromatic N) is 3. The van der Waals surface area contributed by atoms with Crippen LogP contribution >= 0.6 is 0 Å². The second-order valence-corrected chi connectivity index (χ2v) is 8.34. The highest BCUT2D eigenvalue weighted by Crippen LogP contribution is 2.26. The molecule has 0 aliphatic heterocycles. The van der Waals surface area contributed by atoms with Gasteiger partial charge in [-0.15, -0.1) is 0 Å². The van der Waals surface area contributed by atoms with Gasteiger partial charge < -0.3 is 15.5 Å². The number of hydrogen-bond donors (Lipinski definition) is 2. The summed E-state index contributed by atoms with van der Waals surface area (Å²) in [7, 11) is 4.06. The molecule has 0 atom stereocenters. The van der Waals surface area contributed by atoms with Gasteiger partial charge in [-0.2, -0.15) is 4.98 Å². The molecule has 160 valence electrons. The van der Waals surface area contributed by atoms with Crippen LogP contribution in [0.2, 0.25) is 0 Å². The third-order valence-electron chi connectivity index (χ3n) is 5.78. The second-order valence-electron chi connectivity index (χ2n) is 8.34. The van der Waals surface area contributed by atoms with Crippen molar-refractivity contribution >= 4 is 22.7 Å². The number of aromatic nitrogens is 2. The Kier molecular flexibility index (Phi) is 7.27. The van der Waals surface area contributed by atoms with Gasteiger partial charge in [-0.3, -0.25) is 0 Å². The number of para-hydroxylation sites is 1. The van der Waals surface area contributed by atoms with Gasteiger partial charge in [-0.1, -0.05) is 49.4 Å². The molecule has 0 bridgehead atoms. The monoisotopic (exact) mass is 405 g/mol. The minimum atomic E-state index is 0. The molecule has 1 saturated carbocycles. The van der Waals surface area contributed by atoms with E-state index in [-0.39, 0.29) is 7.43 Å². The van der Waals surface area contributed by atoms with Gasteiger partial charge in [-0.25, -0.2) is 4.98 Å². The fourth-order valence-corrected chi connectivity index (χ4v) is 4.06. The Bertz CT molecular complexity index is 943. The molecule has 1 aliphatic rings. The van der Waals surface area contributed by atoms with E-state index < -0.39 is 0 Å². The fourth-order valence-electron chi connectivity index (χ4n) is 4.06. The molecule has 0 amide bonds. The lowest BCUT2D eigenvalue weighted by Crippen LogP contribution is -2.37. The molecule has 0 unspecified atom stereocenters. The topological polar surface area (TPSA) is 53.1 Å². The van der Waals surface area contributed by atoms with E-state index >= 15 is 0 Å². The van der Waals surface area contributed by atoms with Crippen LogP contribution in [-0.4, -0.2) is 36.1 Å². The van der Waals surface area contributed by atoms with E-state index in [9.17, 15) is 0 Å². The zero-order chi connectivity index (χ0) is 20.2. The lowest BCUT2D eigenvalue weighted by molar-refractivity contribution is 0.352. The number of fused-ring (bicyclic) bond motifs is 1. The number of benzene rings is 2. The summed E-state index contributed by atoms with van der Waals surface area (Å²) >= 11 is 0. The van der Waals surface area contributed by atoms with E-state index in [1.165, 1.54) is 24.0 Å². The normalized spacial score (nSPS) is 18.6. The average molecular weight is 406 g/mol. The Labute approximate surface area is 180 Å². The zero-order valence-corrected chi connectivity index (χ0v) is 17.7. The first-order chi connectivity index (χ1) is 14.1. The molecule has 5 heteroatoms. The smallest absolute Gasteiger partial charge is 0.225 e. The number of hydrogen-bond acceptors (Lipinski definition) is 5. The summed E-state index contributed by atoms with van der Waals surface area (Å²) in [6.07, 6.45) is 4.63. The molecule has 0 spiro atoms. The predicted molar refractivity (Wildman–Crippen MR) is 128 cm³/mol. The van der Waals surface area contributed by atoms with E-state index in [0.29, 0.717) is 12.1 Å². The largest absolute Gasteiger partial charge is 0.362 e. The first-order valence-corrected chi connectivity index (χ1v) is 10.6. The maximum Gasteiger partial charge on any atom is 0.225 e. The lowest BCUT2D eigenvalue weighted by Gasteiger charge is -2.30. The van der Waals surface area contributed by atoms with Crippen molar-refractivity contribution in [3.63, 3.8) is 0 Å². The first-order valence-electron chi connectivity index (χ1n) is 10.6. The Morgan fingerprint density at radius 3 is 2.27 bits per heavy atom. The summed E-state index contributed by atoms with van der Waals surface area (Å²) in [5, 5.41) is 8.41. The Hall–Kier alpha value is -2.66. The van der Waals surface area contributed by atoms with Crippen LogP contribution in [0, 0.1) is 6.92 Å². The van der Waals surface area contributed by atoms with Crippen molar-refractivity contribution in [2.45, 2.75) is 58.7 Å². The highest BCUT2D eigenvalue weighted by atomic mass is 15.2. The molecule has 0 saturated heterocycles. The molecule has 2 N–H and O–H groups in total. The first kappa shape index (κ1) is 22.0. The molecular weight excluding hydrogens is 370 g/mol. The van der Waals surface area contributed by atoms with Crippen molar-refractivity contribution < 1.29 is 0 Å². The molecule has 1 aromatic heterocycles. The van der Waals surface area contributed by atoms with Crippen molar-refractivity contribution in [1.82, 2.24) is 15.3 Å². The van der Waals surface area contributed by atoms with Gasteiger partial charge in [0.05, 0.1) is 5.52 Å². The highest BCUT2D eigenvalue weighted by molar-refractivity contribution is 5.90. The van der Waals surface area contributed by atoms with Gasteiger partial charge in [0.25, 0.3) is 0 Å². The van der Waals surface area contributed by atoms with Crippen molar-refractivity contribution in [2.75, 3.05) is 24.3 Å². The van der Waals surface area contributed by atoms with Crippen molar-refractivity contribution in [3.05, 3.63) is 59.7 Å². The number of rotatable bonds is 6. The summed E-state index contributed by atoms with van der Waals surface area (Å²) in [4.78, 5) is 11.6. The molecule has 3 aromatic rings. The van der Waals surface area contributed by atoms with Crippen LogP contribution in [0.3, 0.4) is 0 Å². The van der Waals surface area contributed by atoms with E-state index in [2.05, 4.69) is 58.9 Å². The summed E-state index contributed by atoms with van der Waals surface area (Å²) in [6.45, 7) is 3.08. The number of nitrogens with one attached hydrogen (secondary N) is 2. The highest BCUT2D eigenvalue weighted by Gasteiger charge is 2.22. The van der Waals surface area contributed by atoms with E-state index in [0.717, 1.165) is 42.1 Å². The van der Waals surface area contributed by atoms with Gasteiger partial charge in [0.2, 0.25) is 5.95 Å². The molecule has 1 aliphatic carbocycles. The Morgan fingerprint density at radius 1 is 0.900 bits per heavy atom. The average Bonchev–Trinajstić information content (AvgIpc) is 2.74. The van der Waals surface area contributed by atoms with Crippen molar-refractivity contribution in [2.24, 2.45) is 0 Å². The van der Waals surface area contributed by atoms with Crippen LogP contribution in [0.15, 0.2) is 48.5 Å². The molecule has 5 nitrogen and oxygen atoms in total. The predicted octanol–water partition coefficient (Wildman–Crippen LogP) is 5.15. The summed E-state index contributed by atoms with van der Waals surface area (Å²) < 4.78 is 0. The molecule has 4 rings (SSSR count). The molecule has 30 heavy (non-hydrogen) atoms. The van der Waals surface area contributed by atoms with E-state index in [1.807, 2.05) is 26.2 Å². The maximum absolute atomic E-state index is 4.78. The van der Waals surface area contributed by atoms with Gasteiger partial charge in [0, 0.05) is 38.1 Å². The summed E-state index contributed by atoms with van der Waals surface area (Å²) in [5.74, 6) is 1.70. The van der Waals surface area contributed by atoms with Crippen LogP contribution < -0.4 is 15.5 Å².